The Bertz CT molecular complexity index is 1690. The third-order valence-corrected chi connectivity index (χ3v) is 7.89. The monoisotopic (exact) mass is 590 g/mol. The topological polar surface area (TPSA) is 130 Å². The molecule has 1 saturated heterocycles. The first-order chi connectivity index (χ1) is 18.6. The van der Waals surface area contributed by atoms with E-state index in [4.69, 9.17) is 27.9 Å². The van der Waals surface area contributed by atoms with E-state index in [1.807, 2.05) is 6.07 Å². The molecule has 39 heavy (non-hydrogen) atoms. The summed E-state index contributed by atoms with van der Waals surface area (Å²) in [6.45, 7) is 4.03. The Morgan fingerprint density at radius 1 is 1.10 bits per heavy atom. The van der Waals surface area contributed by atoms with E-state index >= 15 is 0 Å². The standard InChI is InChI=1S/C25H24Cl2N6O5S/c1-15(34)31-7-9-32(10-8-31)22-12-23(38-2)20(11-18(22)26)29-25-28-13-19(27)24(30-25)17-14-33(39(35,36)37)21-6-4-3-5-16(17)21/h3-6,11-14H,7-10H2,1-2H3,(H,28,29,30)(H,35,36,37). The highest BCUT2D eigenvalue weighted by molar-refractivity contribution is 7.84. The van der Waals surface area contributed by atoms with Gasteiger partial charge in [0.2, 0.25) is 11.9 Å². The van der Waals surface area contributed by atoms with Crippen molar-refractivity contribution in [1.82, 2.24) is 18.8 Å². The molecule has 0 atom stereocenters. The summed E-state index contributed by atoms with van der Waals surface area (Å²) >= 11 is 13.1. The highest BCUT2D eigenvalue weighted by Gasteiger charge is 2.23. The van der Waals surface area contributed by atoms with Crippen molar-refractivity contribution in [1.29, 1.82) is 0 Å². The molecule has 2 aromatic heterocycles. The first kappa shape index (κ1) is 27.0. The van der Waals surface area contributed by atoms with Gasteiger partial charge in [-0.15, -0.1) is 0 Å². The Morgan fingerprint density at radius 2 is 1.82 bits per heavy atom. The SMILES string of the molecule is COc1cc(N2CCN(C(C)=O)CC2)c(Cl)cc1Nc1ncc(Cl)c(-c2cn(S(=O)(=O)O)c3ccccc23)n1. The van der Waals surface area contributed by atoms with Crippen LogP contribution in [0, 0.1) is 0 Å². The number of carbonyl (C=O) groups is 1. The third-order valence-electron chi connectivity index (χ3n) is 6.51. The molecule has 2 N–H and O–H groups in total. The predicted octanol–water partition coefficient (Wildman–Crippen LogP) is 4.48. The lowest BCUT2D eigenvalue weighted by Crippen LogP contribution is -2.48. The van der Waals surface area contributed by atoms with E-state index in [9.17, 15) is 17.8 Å². The van der Waals surface area contributed by atoms with Gasteiger partial charge in [0.25, 0.3) is 0 Å². The van der Waals surface area contributed by atoms with Crippen LogP contribution < -0.4 is 15.0 Å². The number of hydrogen-bond donors (Lipinski definition) is 2. The first-order valence-electron chi connectivity index (χ1n) is 11.8. The number of benzene rings is 2. The van der Waals surface area contributed by atoms with Crippen molar-refractivity contribution in [3.8, 4) is 17.0 Å². The molecule has 1 aliphatic rings. The molecule has 11 nitrogen and oxygen atoms in total. The average Bonchev–Trinajstić information content (AvgIpc) is 3.30. The molecule has 0 bridgehead atoms. The van der Waals surface area contributed by atoms with Crippen LogP contribution in [0.3, 0.4) is 0 Å². The predicted molar refractivity (Wildman–Crippen MR) is 151 cm³/mol. The van der Waals surface area contributed by atoms with Crippen molar-refractivity contribution in [2.75, 3.05) is 43.5 Å². The van der Waals surface area contributed by atoms with Gasteiger partial charge in [-0.3, -0.25) is 9.35 Å². The van der Waals surface area contributed by atoms with Crippen LogP contribution >= 0.6 is 23.2 Å². The van der Waals surface area contributed by atoms with Crippen LogP contribution in [0.1, 0.15) is 6.92 Å². The molecular weight excluding hydrogens is 567 g/mol. The number of anilines is 3. The van der Waals surface area contributed by atoms with E-state index in [0.29, 0.717) is 53.6 Å². The molecule has 4 aromatic rings. The lowest BCUT2D eigenvalue weighted by atomic mass is 10.1. The first-order valence-corrected chi connectivity index (χ1v) is 14.0. The second-order valence-corrected chi connectivity index (χ2v) is 10.9. The fourth-order valence-corrected chi connectivity index (χ4v) is 5.70. The zero-order chi connectivity index (χ0) is 27.9. The largest absolute Gasteiger partial charge is 0.494 e. The number of ether oxygens (including phenoxy) is 1. The zero-order valence-corrected chi connectivity index (χ0v) is 23.3. The van der Waals surface area contributed by atoms with Crippen LogP contribution in [-0.2, 0) is 15.1 Å². The molecule has 14 heteroatoms. The summed E-state index contributed by atoms with van der Waals surface area (Å²) in [7, 11) is -3.03. The number of amides is 1. The van der Waals surface area contributed by atoms with Crippen LogP contribution in [-0.4, -0.2) is 71.0 Å². The van der Waals surface area contributed by atoms with Gasteiger partial charge in [0.1, 0.15) is 5.75 Å². The minimum atomic E-state index is -4.56. The van der Waals surface area contributed by atoms with E-state index in [-0.39, 0.29) is 28.1 Å². The number of hydrogen-bond acceptors (Lipinski definition) is 8. The van der Waals surface area contributed by atoms with Gasteiger partial charge in [-0.05, 0) is 12.1 Å². The van der Waals surface area contributed by atoms with Gasteiger partial charge in [-0.1, -0.05) is 41.4 Å². The van der Waals surface area contributed by atoms with E-state index in [1.54, 1.807) is 42.2 Å². The second kappa shape index (κ2) is 10.5. The highest BCUT2D eigenvalue weighted by Crippen LogP contribution is 2.39. The van der Waals surface area contributed by atoms with Gasteiger partial charge in [0.15, 0.2) is 0 Å². The van der Waals surface area contributed by atoms with Crippen molar-refractivity contribution in [2.24, 2.45) is 0 Å². The number of methoxy groups -OCH3 is 1. The van der Waals surface area contributed by atoms with Crippen molar-refractivity contribution in [3.05, 3.63) is 58.8 Å². The quantitative estimate of drug-likeness (QED) is 0.312. The van der Waals surface area contributed by atoms with Crippen molar-refractivity contribution in [3.63, 3.8) is 0 Å². The summed E-state index contributed by atoms with van der Waals surface area (Å²) in [6, 6.07) is 10.2. The number of halogens is 2. The van der Waals surface area contributed by atoms with Gasteiger partial charge in [-0.25, -0.2) is 13.9 Å². The van der Waals surface area contributed by atoms with Gasteiger partial charge in [0.05, 0.1) is 45.9 Å². The van der Waals surface area contributed by atoms with Crippen molar-refractivity contribution < 1.29 is 22.5 Å². The Morgan fingerprint density at radius 3 is 2.49 bits per heavy atom. The minimum Gasteiger partial charge on any atom is -0.494 e. The molecule has 0 unspecified atom stereocenters. The Labute approximate surface area is 234 Å². The van der Waals surface area contributed by atoms with Gasteiger partial charge in [-0.2, -0.15) is 8.42 Å². The maximum atomic E-state index is 12.0. The van der Waals surface area contributed by atoms with Crippen LogP contribution in [0.4, 0.5) is 17.3 Å². The van der Waals surface area contributed by atoms with Crippen LogP contribution in [0.5, 0.6) is 5.75 Å². The summed E-state index contributed by atoms with van der Waals surface area (Å²) < 4.78 is 40.0. The molecule has 2 aromatic carbocycles. The molecule has 5 rings (SSSR count). The van der Waals surface area contributed by atoms with Crippen molar-refractivity contribution >= 4 is 67.6 Å². The van der Waals surface area contributed by atoms with E-state index < -0.39 is 10.3 Å². The number of rotatable bonds is 6. The normalized spacial score (nSPS) is 14.1. The third kappa shape index (κ3) is 5.33. The number of nitrogens with zero attached hydrogens (tertiary/aromatic N) is 5. The molecule has 0 spiro atoms. The Kier molecular flexibility index (Phi) is 7.29. The lowest BCUT2D eigenvalue weighted by Gasteiger charge is -2.36. The summed E-state index contributed by atoms with van der Waals surface area (Å²) in [6.07, 6.45) is 2.65. The highest BCUT2D eigenvalue weighted by atomic mass is 35.5. The second-order valence-electron chi connectivity index (χ2n) is 8.85. The van der Waals surface area contributed by atoms with Crippen LogP contribution in [0.15, 0.2) is 48.8 Å². The molecule has 0 aliphatic carbocycles. The zero-order valence-electron chi connectivity index (χ0n) is 20.9. The molecule has 3 heterocycles. The number of piperazine rings is 1. The average molecular weight is 591 g/mol. The fraction of sp³-hybridized carbons (Fsp3) is 0.240. The smallest absolute Gasteiger partial charge is 0.363 e. The van der Waals surface area contributed by atoms with Gasteiger partial charge >= 0.3 is 10.3 Å². The summed E-state index contributed by atoms with van der Waals surface area (Å²) in [5.74, 6) is 0.699. The molecule has 1 fully saturated rings. The molecule has 204 valence electrons. The number of carbonyl (C=O) groups excluding carboxylic acids is 1. The van der Waals surface area contributed by atoms with Crippen molar-refractivity contribution in [2.45, 2.75) is 6.92 Å². The lowest BCUT2D eigenvalue weighted by molar-refractivity contribution is -0.129. The van der Waals surface area contributed by atoms with E-state index in [2.05, 4.69) is 20.2 Å². The van der Waals surface area contributed by atoms with Crippen LogP contribution in [0.25, 0.3) is 22.2 Å². The number of aromatic nitrogens is 3. The maximum absolute atomic E-state index is 12.0. The molecule has 0 saturated carbocycles. The van der Waals surface area contributed by atoms with Crippen LogP contribution in [0.2, 0.25) is 10.0 Å². The molecule has 1 aliphatic heterocycles. The number of para-hydroxylation sites is 1. The fourth-order valence-electron chi connectivity index (χ4n) is 4.58. The Hall–Kier alpha value is -3.58. The Balaban J connectivity index is 1.48. The number of fused-ring (bicyclic) bond motifs is 1. The van der Waals surface area contributed by atoms with Gasteiger partial charge in [0, 0.05) is 56.3 Å². The summed E-state index contributed by atoms with van der Waals surface area (Å²) in [4.78, 5) is 24.3. The van der Waals surface area contributed by atoms with E-state index in [0.717, 1.165) is 9.66 Å². The summed E-state index contributed by atoms with van der Waals surface area (Å²) in [5, 5.41) is 4.28. The summed E-state index contributed by atoms with van der Waals surface area (Å²) in [5.41, 5.74) is 2.20. The number of nitrogens with one attached hydrogen (secondary N) is 1. The van der Waals surface area contributed by atoms with E-state index in [1.165, 1.54) is 19.5 Å². The van der Waals surface area contributed by atoms with Gasteiger partial charge < -0.3 is 19.9 Å². The minimum absolute atomic E-state index is 0.0442. The molecule has 1 amide bonds. The molecular formula is C25H24Cl2N6O5S. The molecule has 0 radical (unpaired) electrons. The maximum Gasteiger partial charge on any atom is 0.363 e.